The number of carbonyl (C=O) groups excluding carboxylic acids is 3. The fourth-order valence-corrected chi connectivity index (χ4v) is 7.50. The topological polar surface area (TPSA) is 66.5 Å². The average Bonchev–Trinajstić information content (AvgIpc) is 3.30. The van der Waals surface area contributed by atoms with Crippen molar-refractivity contribution in [3.8, 4) is 0 Å². The van der Waals surface area contributed by atoms with Gasteiger partial charge in [-0.3, -0.25) is 19.3 Å². The van der Waals surface area contributed by atoms with Gasteiger partial charge in [0.05, 0.1) is 22.5 Å². The van der Waals surface area contributed by atoms with Gasteiger partial charge >= 0.3 is 0 Å². The maximum atomic E-state index is 12.9. The van der Waals surface area contributed by atoms with Gasteiger partial charge in [0.2, 0.25) is 17.7 Å². The van der Waals surface area contributed by atoms with Crippen LogP contribution in [0.25, 0.3) is 0 Å². The number of amides is 3. The Morgan fingerprint density at radius 3 is 2.27 bits per heavy atom. The summed E-state index contributed by atoms with van der Waals surface area (Å²) in [5.41, 5.74) is 0.538. The first-order valence-electron chi connectivity index (χ1n) is 10.2. The van der Waals surface area contributed by atoms with Crippen LogP contribution in [0.15, 0.2) is 18.2 Å². The van der Waals surface area contributed by atoms with E-state index >= 15 is 0 Å². The molecule has 1 aromatic carbocycles. The molecule has 30 heavy (non-hydrogen) atoms. The molecule has 3 fully saturated rings. The molecule has 9 heteroatoms. The molecule has 1 saturated heterocycles. The standard InChI is InChI=1S/C21H22Br2Cl2N2O3/c22-18-11-9-12(19(18)23)17-16(11)20(29)27(21(17)30)7-3-1-2-4-15(28)26-14-6-5-10(24)8-13(14)25/h5-6,8,11-12,16-19H,1-4,7,9H2,(H,26,28)/t11-,12-,16-,17-,18+,19+/m1/s1. The Balaban J connectivity index is 1.21. The largest absolute Gasteiger partial charge is 0.325 e. The van der Waals surface area contributed by atoms with E-state index in [-0.39, 0.29) is 51.0 Å². The monoisotopic (exact) mass is 578 g/mol. The summed E-state index contributed by atoms with van der Waals surface area (Å²) in [6.45, 7) is 0.439. The lowest BCUT2D eigenvalue weighted by Crippen LogP contribution is -2.37. The lowest BCUT2D eigenvalue weighted by atomic mass is 9.81. The van der Waals surface area contributed by atoms with Crippen LogP contribution in [0, 0.1) is 23.7 Å². The van der Waals surface area contributed by atoms with E-state index in [1.54, 1.807) is 18.2 Å². The van der Waals surface area contributed by atoms with Crippen LogP contribution in [0.1, 0.15) is 32.1 Å². The van der Waals surface area contributed by atoms with Gasteiger partial charge in [0.25, 0.3) is 0 Å². The van der Waals surface area contributed by atoms with E-state index in [9.17, 15) is 14.4 Å². The first-order valence-corrected chi connectivity index (χ1v) is 12.8. The molecule has 3 aliphatic rings. The number of likely N-dealkylation sites (tertiary alicyclic amines) is 1. The Bertz CT molecular complexity index is 852. The number of benzene rings is 1. The smallest absolute Gasteiger partial charge is 0.233 e. The van der Waals surface area contributed by atoms with Crippen LogP contribution in [0.2, 0.25) is 10.0 Å². The van der Waals surface area contributed by atoms with E-state index in [4.69, 9.17) is 23.2 Å². The number of rotatable bonds is 7. The van der Waals surface area contributed by atoms with E-state index in [2.05, 4.69) is 37.2 Å². The highest BCUT2D eigenvalue weighted by atomic mass is 79.9. The number of unbranched alkanes of at least 4 members (excludes halogenated alkanes) is 2. The van der Waals surface area contributed by atoms with Crippen molar-refractivity contribution in [2.24, 2.45) is 23.7 Å². The highest BCUT2D eigenvalue weighted by Gasteiger charge is 2.66. The minimum Gasteiger partial charge on any atom is -0.325 e. The Morgan fingerprint density at radius 1 is 1.03 bits per heavy atom. The number of alkyl halides is 2. The predicted molar refractivity (Wildman–Crippen MR) is 124 cm³/mol. The normalized spacial score (nSPS) is 32.1. The van der Waals surface area contributed by atoms with Gasteiger partial charge < -0.3 is 5.32 Å². The van der Waals surface area contributed by atoms with Gasteiger partial charge in [0.15, 0.2) is 0 Å². The van der Waals surface area contributed by atoms with Crippen molar-refractivity contribution in [2.75, 3.05) is 11.9 Å². The lowest BCUT2D eigenvalue weighted by molar-refractivity contribution is -0.140. The summed E-state index contributed by atoms with van der Waals surface area (Å²) in [5.74, 6) is 0.0490. The SMILES string of the molecule is O=C(CCCCCN1C(=O)[C@@H]2[C@H]3C[C@@H]([C@H](Br)[C@H]3Br)[C@H]2C1=O)Nc1ccc(Cl)cc1Cl. The third-order valence-electron chi connectivity index (χ3n) is 6.57. The molecule has 1 N–H and O–H groups in total. The number of imide groups is 1. The van der Waals surface area contributed by atoms with Gasteiger partial charge in [-0.15, -0.1) is 0 Å². The number of anilines is 1. The van der Waals surface area contributed by atoms with Crippen molar-refractivity contribution in [3.05, 3.63) is 28.2 Å². The Morgan fingerprint density at radius 2 is 1.67 bits per heavy atom. The highest BCUT2D eigenvalue weighted by Crippen LogP contribution is 2.60. The molecule has 2 saturated carbocycles. The molecule has 4 rings (SSSR count). The van der Waals surface area contributed by atoms with Crippen molar-refractivity contribution in [2.45, 2.75) is 41.8 Å². The third-order valence-corrected chi connectivity index (χ3v) is 10.3. The quantitative estimate of drug-likeness (QED) is 0.271. The minimum absolute atomic E-state index is 0.00327. The number of hydrogen-bond donors (Lipinski definition) is 1. The van der Waals surface area contributed by atoms with Crippen LogP contribution >= 0.6 is 55.1 Å². The van der Waals surface area contributed by atoms with Crippen LogP contribution in [0.5, 0.6) is 0 Å². The van der Waals surface area contributed by atoms with E-state index in [0.29, 0.717) is 41.5 Å². The lowest BCUT2D eigenvalue weighted by Gasteiger charge is -2.28. The summed E-state index contributed by atoms with van der Waals surface area (Å²) in [6, 6.07) is 4.93. The second-order valence-corrected chi connectivity index (χ2v) is 11.3. The summed E-state index contributed by atoms with van der Waals surface area (Å²) in [7, 11) is 0. The summed E-state index contributed by atoms with van der Waals surface area (Å²) in [5, 5.41) is 3.69. The molecule has 0 aromatic heterocycles. The van der Waals surface area contributed by atoms with Gasteiger partial charge in [0.1, 0.15) is 0 Å². The summed E-state index contributed by atoms with van der Waals surface area (Å²) >= 11 is 19.3. The third kappa shape index (κ3) is 4.07. The zero-order valence-corrected chi connectivity index (χ0v) is 20.8. The molecule has 5 nitrogen and oxygen atoms in total. The van der Waals surface area contributed by atoms with Crippen LogP contribution in [-0.4, -0.2) is 38.8 Å². The van der Waals surface area contributed by atoms with Gasteiger partial charge in [-0.1, -0.05) is 61.5 Å². The van der Waals surface area contributed by atoms with Crippen LogP contribution < -0.4 is 5.32 Å². The zero-order valence-electron chi connectivity index (χ0n) is 16.1. The fraction of sp³-hybridized carbons (Fsp3) is 0.571. The van der Waals surface area contributed by atoms with E-state index in [0.717, 1.165) is 12.8 Å². The number of fused-ring (bicyclic) bond motifs is 5. The summed E-state index contributed by atoms with van der Waals surface area (Å²) < 4.78 is 0. The second-order valence-electron chi connectivity index (χ2n) is 8.31. The minimum atomic E-state index is -0.157. The van der Waals surface area contributed by atoms with E-state index in [1.807, 2.05) is 0 Å². The van der Waals surface area contributed by atoms with Crippen LogP contribution in [-0.2, 0) is 14.4 Å². The van der Waals surface area contributed by atoms with Gasteiger partial charge in [-0.25, -0.2) is 0 Å². The number of hydrogen-bond acceptors (Lipinski definition) is 3. The Labute approximate surface area is 202 Å². The molecule has 0 spiro atoms. The van der Waals surface area contributed by atoms with E-state index in [1.165, 1.54) is 4.90 Å². The number of carbonyl (C=O) groups is 3. The highest BCUT2D eigenvalue weighted by molar-refractivity contribution is 9.12. The van der Waals surface area contributed by atoms with Crippen molar-refractivity contribution >= 4 is 78.5 Å². The van der Waals surface area contributed by atoms with Crippen molar-refractivity contribution < 1.29 is 14.4 Å². The molecule has 0 radical (unpaired) electrons. The molecule has 2 bridgehead atoms. The van der Waals surface area contributed by atoms with Crippen LogP contribution in [0.3, 0.4) is 0 Å². The molecule has 3 amide bonds. The molecular weight excluding hydrogens is 559 g/mol. The molecule has 1 aromatic rings. The zero-order chi connectivity index (χ0) is 21.6. The van der Waals surface area contributed by atoms with Crippen molar-refractivity contribution in [3.63, 3.8) is 0 Å². The summed E-state index contributed by atoms with van der Waals surface area (Å²) in [6.07, 6.45) is 3.45. The number of nitrogens with one attached hydrogen (secondary N) is 1. The van der Waals surface area contributed by atoms with Gasteiger partial charge in [0, 0.05) is 27.6 Å². The Hall–Kier alpha value is -0.630. The maximum Gasteiger partial charge on any atom is 0.233 e. The van der Waals surface area contributed by atoms with Gasteiger partial charge in [-0.2, -0.15) is 0 Å². The van der Waals surface area contributed by atoms with Crippen molar-refractivity contribution in [1.82, 2.24) is 4.90 Å². The molecular formula is C21H22Br2Cl2N2O3. The summed E-state index contributed by atoms with van der Waals surface area (Å²) in [4.78, 5) is 39.8. The van der Waals surface area contributed by atoms with E-state index < -0.39 is 0 Å². The van der Waals surface area contributed by atoms with Gasteiger partial charge in [-0.05, 0) is 49.3 Å². The molecule has 1 aliphatic heterocycles. The number of nitrogens with zero attached hydrogens (tertiary/aromatic N) is 1. The molecule has 162 valence electrons. The fourth-order valence-electron chi connectivity index (χ4n) is 5.17. The first kappa shape index (κ1) is 22.6. The van der Waals surface area contributed by atoms with Crippen molar-refractivity contribution in [1.29, 1.82) is 0 Å². The molecule has 1 heterocycles. The predicted octanol–water partition coefficient (Wildman–Crippen LogP) is 5.27. The first-order chi connectivity index (χ1) is 14.3. The molecule has 0 unspecified atom stereocenters. The average molecular weight is 581 g/mol. The number of halogens is 4. The maximum absolute atomic E-state index is 12.9. The van der Waals surface area contributed by atoms with Crippen LogP contribution in [0.4, 0.5) is 5.69 Å². The Kier molecular flexibility index (Phi) is 6.83. The molecule has 2 aliphatic carbocycles. The second kappa shape index (κ2) is 9.08. The molecule has 6 atom stereocenters.